The Balaban J connectivity index is 2.64. The molecule has 0 saturated carbocycles. The number of nitrogens with zero attached hydrogens (tertiary/aromatic N) is 1. The second-order valence-electron chi connectivity index (χ2n) is 3.22. The third-order valence-electron chi connectivity index (χ3n) is 2.18. The zero-order valence-electron chi connectivity index (χ0n) is 8.12. The van der Waals surface area contributed by atoms with E-state index in [2.05, 4.69) is 9.97 Å². The van der Waals surface area contributed by atoms with Crippen molar-refractivity contribution in [3.05, 3.63) is 52.3 Å². The maximum Gasteiger partial charge on any atom is 0.254 e. The number of aromatic nitrogens is 2. The smallest absolute Gasteiger partial charge is 0.254 e. The lowest BCUT2D eigenvalue weighted by Crippen LogP contribution is -2.11. The summed E-state index contributed by atoms with van der Waals surface area (Å²) < 4.78 is 13.0. The van der Waals surface area contributed by atoms with Crippen LogP contribution in [-0.2, 0) is 0 Å². The minimum Gasteiger partial charge on any atom is -0.313 e. The molecule has 0 aliphatic carbocycles. The lowest BCUT2D eigenvalue weighted by Gasteiger charge is -2.02. The van der Waals surface area contributed by atoms with E-state index in [1.165, 1.54) is 18.5 Å². The van der Waals surface area contributed by atoms with Crippen LogP contribution in [0.3, 0.4) is 0 Å². The number of aromatic amines is 1. The molecule has 0 saturated heterocycles. The van der Waals surface area contributed by atoms with E-state index in [9.17, 15) is 9.18 Å². The summed E-state index contributed by atoms with van der Waals surface area (Å²) in [5.41, 5.74) is 1.41. The molecule has 0 atom stereocenters. The van der Waals surface area contributed by atoms with Gasteiger partial charge in [0, 0.05) is 11.1 Å². The molecule has 3 nitrogen and oxygen atoms in total. The van der Waals surface area contributed by atoms with Crippen LogP contribution in [0, 0.1) is 12.7 Å². The normalized spacial score (nSPS) is 10.3. The molecule has 0 radical (unpaired) electrons. The molecule has 1 aromatic carbocycles. The maximum atomic E-state index is 13.0. The molecule has 76 valence electrons. The Bertz CT molecular complexity index is 548. The van der Waals surface area contributed by atoms with Crippen molar-refractivity contribution in [1.29, 1.82) is 0 Å². The Morgan fingerprint density at radius 2 is 2.20 bits per heavy atom. The predicted octanol–water partition coefficient (Wildman–Crippen LogP) is 1.88. The maximum absolute atomic E-state index is 13.0. The number of halogens is 1. The van der Waals surface area contributed by atoms with E-state index in [0.717, 1.165) is 0 Å². The Labute approximate surface area is 85.6 Å². The molecular weight excluding hydrogens is 195 g/mol. The van der Waals surface area contributed by atoms with Gasteiger partial charge < -0.3 is 4.98 Å². The first-order chi connectivity index (χ1) is 7.18. The number of H-pyrrole nitrogens is 1. The summed E-state index contributed by atoms with van der Waals surface area (Å²) in [6.45, 7) is 1.66. The molecule has 0 aliphatic rings. The van der Waals surface area contributed by atoms with Gasteiger partial charge in [-0.2, -0.15) is 0 Å². The van der Waals surface area contributed by atoms with Gasteiger partial charge in [-0.05, 0) is 19.1 Å². The van der Waals surface area contributed by atoms with Gasteiger partial charge in [-0.1, -0.05) is 12.1 Å². The first kappa shape index (κ1) is 9.58. The molecule has 0 fully saturated rings. The standard InChI is InChI=1S/C11H9FN2O/c1-7-10(13-6-14-11(7)15)8-3-2-4-9(12)5-8/h2-6H,1H3,(H,13,14,15). The molecule has 0 bridgehead atoms. The van der Waals surface area contributed by atoms with Gasteiger partial charge in [0.15, 0.2) is 0 Å². The molecule has 0 amide bonds. The van der Waals surface area contributed by atoms with Gasteiger partial charge in [0.1, 0.15) is 5.82 Å². The summed E-state index contributed by atoms with van der Waals surface area (Å²) in [6, 6.07) is 6.02. The fourth-order valence-electron chi connectivity index (χ4n) is 1.39. The molecule has 2 aromatic rings. The summed E-state index contributed by atoms with van der Waals surface area (Å²) in [5, 5.41) is 0. The van der Waals surface area contributed by atoms with E-state index < -0.39 is 0 Å². The summed E-state index contributed by atoms with van der Waals surface area (Å²) in [4.78, 5) is 17.8. The fourth-order valence-corrected chi connectivity index (χ4v) is 1.39. The van der Waals surface area contributed by atoms with Crippen molar-refractivity contribution >= 4 is 0 Å². The third kappa shape index (κ3) is 1.79. The Kier molecular flexibility index (Phi) is 2.33. The molecule has 0 spiro atoms. The Hall–Kier alpha value is -1.97. The van der Waals surface area contributed by atoms with Crippen LogP contribution in [-0.4, -0.2) is 9.97 Å². The minimum atomic E-state index is -0.339. The number of rotatable bonds is 1. The van der Waals surface area contributed by atoms with Gasteiger partial charge in [-0.15, -0.1) is 0 Å². The molecule has 0 aliphatic heterocycles. The highest BCUT2D eigenvalue weighted by Crippen LogP contribution is 2.18. The van der Waals surface area contributed by atoms with Crippen molar-refractivity contribution in [2.24, 2.45) is 0 Å². The SMILES string of the molecule is Cc1c(-c2cccc(F)c2)nc[nH]c1=O. The quantitative estimate of drug-likeness (QED) is 0.770. The average Bonchev–Trinajstić information content (AvgIpc) is 2.22. The van der Waals surface area contributed by atoms with Gasteiger partial charge in [0.2, 0.25) is 0 Å². The van der Waals surface area contributed by atoms with Crippen molar-refractivity contribution in [1.82, 2.24) is 9.97 Å². The lowest BCUT2D eigenvalue weighted by molar-refractivity contribution is 0.628. The van der Waals surface area contributed by atoms with E-state index in [-0.39, 0.29) is 11.4 Å². The van der Waals surface area contributed by atoms with Gasteiger partial charge in [-0.25, -0.2) is 9.37 Å². The van der Waals surface area contributed by atoms with E-state index in [1.807, 2.05) is 0 Å². The molecule has 4 heteroatoms. The monoisotopic (exact) mass is 204 g/mol. The topological polar surface area (TPSA) is 45.8 Å². The van der Waals surface area contributed by atoms with Crippen LogP contribution < -0.4 is 5.56 Å². The second kappa shape index (κ2) is 3.65. The molecular formula is C11H9FN2O. The zero-order valence-corrected chi connectivity index (χ0v) is 8.12. The van der Waals surface area contributed by atoms with Gasteiger partial charge in [-0.3, -0.25) is 4.79 Å². The largest absolute Gasteiger partial charge is 0.313 e. The summed E-state index contributed by atoms with van der Waals surface area (Å²) in [7, 11) is 0. The van der Waals surface area contributed by atoms with Gasteiger partial charge in [0.05, 0.1) is 12.0 Å². The molecule has 1 N–H and O–H groups in total. The van der Waals surface area contributed by atoms with E-state index in [0.29, 0.717) is 16.8 Å². The number of hydrogen-bond acceptors (Lipinski definition) is 2. The summed E-state index contributed by atoms with van der Waals surface area (Å²) >= 11 is 0. The third-order valence-corrected chi connectivity index (χ3v) is 2.18. The predicted molar refractivity (Wildman–Crippen MR) is 55.0 cm³/mol. The zero-order chi connectivity index (χ0) is 10.8. The van der Waals surface area contributed by atoms with Crippen molar-refractivity contribution in [3.63, 3.8) is 0 Å². The number of hydrogen-bond donors (Lipinski definition) is 1. The Morgan fingerprint density at radius 1 is 1.40 bits per heavy atom. The van der Waals surface area contributed by atoms with Crippen LogP contribution >= 0.6 is 0 Å². The van der Waals surface area contributed by atoms with Crippen LogP contribution in [0.25, 0.3) is 11.3 Å². The van der Waals surface area contributed by atoms with Crippen LogP contribution in [0.2, 0.25) is 0 Å². The molecule has 2 rings (SSSR count). The van der Waals surface area contributed by atoms with Gasteiger partial charge >= 0.3 is 0 Å². The average molecular weight is 204 g/mol. The highest BCUT2D eigenvalue weighted by atomic mass is 19.1. The molecule has 15 heavy (non-hydrogen) atoms. The Morgan fingerprint density at radius 3 is 2.93 bits per heavy atom. The summed E-state index contributed by atoms with van der Waals surface area (Å²) in [5.74, 6) is -0.339. The second-order valence-corrected chi connectivity index (χ2v) is 3.22. The lowest BCUT2D eigenvalue weighted by atomic mass is 10.1. The highest BCUT2D eigenvalue weighted by molar-refractivity contribution is 5.61. The van der Waals surface area contributed by atoms with E-state index >= 15 is 0 Å². The first-order valence-corrected chi connectivity index (χ1v) is 4.48. The molecule has 1 aromatic heterocycles. The van der Waals surface area contributed by atoms with Crippen LogP contribution in [0.1, 0.15) is 5.56 Å². The molecule has 0 unspecified atom stereocenters. The number of benzene rings is 1. The van der Waals surface area contributed by atoms with Crippen molar-refractivity contribution < 1.29 is 4.39 Å². The highest BCUT2D eigenvalue weighted by Gasteiger charge is 2.06. The van der Waals surface area contributed by atoms with Crippen molar-refractivity contribution in [2.75, 3.05) is 0 Å². The van der Waals surface area contributed by atoms with E-state index in [4.69, 9.17) is 0 Å². The minimum absolute atomic E-state index is 0.204. The summed E-state index contributed by atoms with van der Waals surface area (Å²) in [6.07, 6.45) is 1.32. The van der Waals surface area contributed by atoms with Crippen LogP contribution in [0.4, 0.5) is 4.39 Å². The van der Waals surface area contributed by atoms with Crippen molar-refractivity contribution in [2.45, 2.75) is 6.92 Å². The fraction of sp³-hybridized carbons (Fsp3) is 0.0909. The van der Waals surface area contributed by atoms with Crippen LogP contribution in [0.15, 0.2) is 35.4 Å². The first-order valence-electron chi connectivity index (χ1n) is 4.48. The number of nitrogens with one attached hydrogen (secondary N) is 1. The van der Waals surface area contributed by atoms with Gasteiger partial charge in [0.25, 0.3) is 5.56 Å². The van der Waals surface area contributed by atoms with Crippen molar-refractivity contribution in [3.8, 4) is 11.3 Å². The van der Waals surface area contributed by atoms with Crippen LogP contribution in [0.5, 0.6) is 0 Å². The molecule has 1 heterocycles. The van der Waals surface area contributed by atoms with E-state index in [1.54, 1.807) is 19.1 Å².